The Hall–Kier alpha value is -0.880. The Bertz CT molecular complexity index is 549. The van der Waals surface area contributed by atoms with E-state index in [0.29, 0.717) is 15.6 Å². The van der Waals surface area contributed by atoms with Gasteiger partial charge in [0.15, 0.2) is 0 Å². The van der Waals surface area contributed by atoms with Gasteiger partial charge in [-0.15, -0.1) is 11.3 Å². The Kier molecular flexibility index (Phi) is 4.62. The van der Waals surface area contributed by atoms with E-state index < -0.39 is 5.60 Å². The Morgan fingerprint density at radius 1 is 1.47 bits per heavy atom. The van der Waals surface area contributed by atoms with E-state index in [9.17, 15) is 9.90 Å². The predicted octanol–water partition coefficient (Wildman–Crippen LogP) is 3.19. The van der Waals surface area contributed by atoms with Crippen LogP contribution in [0.1, 0.15) is 22.2 Å². The van der Waals surface area contributed by atoms with Gasteiger partial charge in [0.1, 0.15) is 0 Å². The zero-order chi connectivity index (χ0) is 13.9. The molecular weight excluding hydrogens is 302 g/mol. The molecular formula is C13H14ClNO2S2. The molecule has 2 N–H and O–H groups in total. The van der Waals surface area contributed by atoms with Gasteiger partial charge in [-0.3, -0.25) is 4.79 Å². The molecule has 2 aromatic rings. The third kappa shape index (κ3) is 4.31. The molecule has 6 heteroatoms. The summed E-state index contributed by atoms with van der Waals surface area (Å²) in [4.78, 5) is 12.4. The van der Waals surface area contributed by atoms with E-state index >= 15 is 0 Å². The van der Waals surface area contributed by atoms with Gasteiger partial charge in [0.05, 0.1) is 14.8 Å². The monoisotopic (exact) mass is 315 g/mol. The molecule has 0 fully saturated rings. The molecule has 102 valence electrons. The topological polar surface area (TPSA) is 49.3 Å². The van der Waals surface area contributed by atoms with Crippen molar-refractivity contribution in [1.82, 2.24) is 5.32 Å². The lowest BCUT2D eigenvalue weighted by molar-refractivity contribution is 0.0555. The fraction of sp³-hybridized carbons (Fsp3) is 0.308. The first kappa shape index (κ1) is 14.5. The summed E-state index contributed by atoms with van der Waals surface area (Å²) in [5.74, 6) is -0.206. The predicted molar refractivity (Wildman–Crippen MR) is 80.3 cm³/mol. The van der Waals surface area contributed by atoms with Crippen LogP contribution < -0.4 is 5.32 Å². The molecule has 2 aromatic heterocycles. The first-order chi connectivity index (χ1) is 8.96. The van der Waals surface area contributed by atoms with E-state index in [1.54, 1.807) is 30.4 Å². The van der Waals surface area contributed by atoms with E-state index in [1.165, 1.54) is 11.3 Å². The maximum Gasteiger partial charge on any atom is 0.261 e. The lowest BCUT2D eigenvalue weighted by Gasteiger charge is -2.23. The van der Waals surface area contributed by atoms with Crippen LogP contribution in [0.25, 0.3) is 0 Å². The van der Waals surface area contributed by atoms with Crippen LogP contribution in [0.4, 0.5) is 0 Å². The van der Waals surface area contributed by atoms with E-state index in [2.05, 4.69) is 5.32 Å². The fourth-order valence-electron chi connectivity index (χ4n) is 1.69. The van der Waals surface area contributed by atoms with Gasteiger partial charge in [-0.2, -0.15) is 11.3 Å². The van der Waals surface area contributed by atoms with Crippen LogP contribution in [-0.2, 0) is 6.42 Å². The number of nitrogens with one attached hydrogen (secondary N) is 1. The van der Waals surface area contributed by atoms with E-state index in [0.717, 1.165) is 5.56 Å². The van der Waals surface area contributed by atoms with Gasteiger partial charge < -0.3 is 10.4 Å². The Morgan fingerprint density at radius 3 is 2.84 bits per heavy atom. The lowest BCUT2D eigenvalue weighted by atomic mass is 9.98. The third-order valence-electron chi connectivity index (χ3n) is 2.59. The molecule has 0 radical (unpaired) electrons. The second kappa shape index (κ2) is 6.05. The molecule has 0 spiro atoms. The van der Waals surface area contributed by atoms with Gasteiger partial charge >= 0.3 is 0 Å². The van der Waals surface area contributed by atoms with Crippen LogP contribution >= 0.6 is 34.3 Å². The minimum absolute atomic E-state index is 0.206. The molecule has 1 atom stereocenters. The van der Waals surface area contributed by atoms with Gasteiger partial charge in [-0.1, -0.05) is 11.6 Å². The minimum Gasteiger partial charge on any atom is -0.388 e. The van der Waals surface area contributed by atoms with Crippen molar-refractivity contribution in [2.24, 2.45) is 0 Å². The van der Waals surface area contributed by atoms with Crippen LogP contribution in [0, 0.1) is 0 Å². The molecule has 0 saturated carbocycles. The van der Waals surface area contributed by atoms with Gasteiger partial charge in [0.2, 0.25) is 0 Å². The van der Waals surface area contributed by atoms with Crippen LogP contribution in [0.5, 0.6) is 0 Å². The summed E-state index contributed by atoms with van der Waals surface area (Å²) in [5.41, 5.74) is 0.112. The zero-order valence-corrected chi connectivity index (χ0v) is 12.7. The third-order valence-corrected chi connectivity index (χ3v) is 4.55. The van der Waals surface area contributed by atoms with Crippen LogP contribution in [0.15, 0.2) is 29.0 Å². The van der Waals surface area contributed by atoms with Crippen molar-refractivity contribution in [3.63, 3.8) is 0 Å². The van der Waals surface area contributed by atoms with Gasteiger partial charge in [0.25, 0.3) is 5.91 Å². The highest BCUT2D eigenvalue weighted by Gasteiger charge is 2.22. The number of halogens is 1. The fourth-order valence-corrected chi connectivity index (χ4v) is 3.32. The zero-order valence-electron chi connectivity index (χ0n) is 10.4. The summed E-state index contributed by atoms with van der Waals surface area (Å²) in [5, 5.41) is 17.0. The van der Waals surface area contributed by atoms with Gasteiger partial charge in [-0.05, 0) is 41.4 Å². The smallest absolute Gasteiger partial charge is 0.261 e. The molecule has 19 heavy (non-hydrogen) atoms. The summed E-state index contributed by atoms with van der Waals surface area (Å²) in [6, 6.07) is 5.33. The Labute approximate surface area is 124 Å². The highest BCUT2D eigenvalue weighted by molar-refractivity contribution is 7.18. The van der Waals surface area contributed by atoms with E-state index in [1.807, 2.05) is 16.8 Å². The maximum atomic E-state index is 11.8. The number of hydrogen-bond donors (Lipinski definition) is 2. The Balaban J connectivity index is 1.88. The molecule has 0 aliphatic rings. The summed E-state index contributed by atoms with van der Waals surface area (Å²) >= 11 is 8.60. The normalized spacial score (nSPS) is 14.1. The van der Waals surface area contributed by atoms with Crippen molar-refractivity contribution in [2.75, 3.05) is 6.54 Å². The highest BCUT2D eigenvalue weighted by atomic mass is 35.5. The number of rotatable bonds is 5. The number of aliphatic hydroxyl groups is 1. The molecule has 0 aromatic carbocycles. The van der Waals surface area contributed by atoms with Crippen molar-refractivity contribution in [1.29, 1.82) is 0 Å². The summed E-state index contributed by atoms with van der Waals surface area (Å²) < 4.78 is 0.579. The second-order valence-corrected chi connectivity index (χ2v) is 7.09. The molecule has 0 saturated heterocycles. The molecule has 0 aliphatic heterocycles. The van der Waals surface area contributed by atoms with Crippen molar-refractivity contribution >= 4 is 40.2 Å². The van der Waals surface area contributed by atoms with Gasteiger partial charge in [-0.25, -0.2) is 0 Å². The number of hydrogen-bond acceptors (Lipinski definition) is 4. The number of amides is 1. The first-order valence-corrected chi connectivity index (χ1v) is 7.87. The van der Waals surface area contributed by atoms with E-state index in [-0.39, 0.29) is 12.5 Å². The van der Waals surface area contributed by atoms with Crippen molar-refractivity contribution in [3.8, 4) is 0 Å². The van der Waals surface area contributed by atoms with Crippen LogP contribution in [0.3, 0.4) is 0 Å². The highest BCUT2D eigenvalue weighted by Crippen LogP contribution is 2.21. The SMILES string of the molecule is CC(O)(CNC(=O)c1ccc(Cl)s1)Cc1ccsc1. The van der Waals surface area contributed by atoms with Crippen LogP contribution in [-0.4, -0.2) is 23.2 Å². The molecule has 2 heterocycles. The Morgan fingerprint density at radius 2 is 2.26 bits per heavy atom. The number of thiophene rings is 2. The number of carbonyl (C=O) groups is 1. The molecule has 0 aliphatic carbocycles. The van der Waals surface area contributed by atoms with Crippen LogP contribution in [0.2, 0.25) is 4.34 Å². The van der Waals surface area contributed by atoms with Crippen molar-refractivity contribution in [2.45, 2.75) is 18.9 Å². The standard InChI is InChI=1S/C13H14ClNO2S2/c1-13(17,6-9-4-5-18-7-9)8-15-12(16)10-2-3-11(14)19-10/h2-5,7,17H,6,8H2,1H3,(H,15,16). The van der Waals surface area contributed by atoms with Crippen molar-refractivity contribution < 1.29 is 9.90 Å². The average molecular weight is 316 g/mol. The molecule has 2 rings (SSSR count). The minimum atomic E-state index is -0.961. The average Bonchev–Trinajstić information content (AvgIpc) is 2.97. The quantitative estimate of drug-likeness (QED) is 0.890. The largest absolute Gasteiger partial charge is 0.388 e. The molecule has 3 nitrogen and oxygen atoms in total. The number of carbonyl (C=O) groups excluding carboxylic acids is 1. The first-order valence-electron chi connectivity index (χ1n) is 5.73. The summed E-state index contributed by atoms with van der Waals surface area (Å²) in [6.45, 7) is 1.92. The summed E-state index contributed by atoms with van der Waals surface area (Å²) in [7, 11) is 0. The molecule has 1 amide bonds. The maximum absolute atomic E-state index is 11.8. The van der Waals surface area contributed by atoms with E-state index in [4.69, 9.17) is 11.6 Å². The summed E-state index contributed by atoms with van der Waals surface area (Å²) in [6.07, 6.45) is 0.516. The second-order valence-electron chi connectivity index (χ2n) is 4.59. The van der Waals surface area contributed by atoms with Gasteiger partial charge in [0, 0.05) is 13.0 Å². The lowest BCUT2D eigenvalue weighted by Crippen LogP contribution is -2.41. The molecule has 1 unspecified atom stereocenters. The molecule has 0 bridgehead atoms. The van der Waals surface area contributed by atoms with Crippen molar-refractivity contribution in [3.05, 3.63) is 43.7 Å².